The fourth-order valence-corrected chi connectivity index (χ4v) is 5.29. The Morgan fingerprint density at radius 2 is 1.23 bits per heavy atom. The first kappa shape index (κ1) is 17.4. The first-order chi connectivity index (χ1) is 10.1. The summed E-state index contributed by atoms with van der Waals surface area (Å²) < 4.78 is 28.7. The van der Waals surface area contributed by atoms with Crippen LogP contribution in [0.5, 0.6) is 0 Å². The number of hydrogen-bond donors (Lipinski definition) is 2. The van der Waals surface area contributed by atoms with Crippen LogP contribution in [0.3, 0.4) is 0 Å². The SMILES string of the molecule is Cc1c(C)c(C)c(S(=O)(=O)NC2CCC(N)CC2)c(C)c1C. The highest BCUT2D eigenvalue weighted by molar-refractivity contribution is 7.89. The molecule has 0 bridgehead atoms. The third kappa shape index (κ3) is 3.21. The molecule has 0 atom stereocenters. The van der Waals surface area contributed by atoms with Gasteiger partial charge in [0.1, 0.15) is 0 Å². The van der Waals surface area contributed by atoms with Gasteiger partial charge in [0.05, 0.1) is 4.90 Å². The van der Waals surface area contributed by atoms with Crippen LogP contribution >= 0.6 is 0 Å². The predicted octanol–water partition coefficient (Wildman–Crippen LogP) is 2.78. The van der Waals surface area contributed by atoms with Crippen LogP contribution in [0, 0.1) is 34.6 Å². The molecule has 0 aliphatic heterocycles. The van der Waals surface area contributed by atoms with Gasteiger partial charge >= 0.3 is 0 Å². The van der Waals surface area contributed by atoms with Crippen molar-refractivity contribution < 1.29 is 8.42 Å². The molecule has 1 saturated carbocycles. The maximum absolute atomic E-state index is 12.9. The second-order valence-corrected chi connectivity index (χ2v) is 8.34. The molecule has 2 rings (SSSR count). The maximum atomic E-state index is 12.9. The number of nitrogens with one attached hydrogen (secondary N) is 1. The normalized spacial score (nSPS) is 22.8. The standard InChI is InChI=1S/C17H28N2O2S/c1-10-11(2)13(4)17(14(5)12(10)3)22(20,21)19-16-8-6-15(18)7-9-16/h15-16,19H,6-9,18H2,1-5H3. The van der Waals surface area contributed by atoms with Crippen molar-refractivity contribution in [3.05, 3.63) is 27.8 Å². The fraction of sp³-hybridized carbons (Fsp3) is 0.647. The molecule has 1 fully saturated rings. The summed E-state index contributed by atoms with van der Waals surface area (Å²) in [7, 11) is -3.49. The quantitative estimate of drug-likeness (QED) is 0.898. The Kier molecular flexibility index (Phi) is 5.00. The minimum Gasteiger partial charge on any atom is -0.328 e. The molecule has 0 amide bonds. The van der Waals surface area contributed by atoms with Crippen LogP contribution in [0.25, 0.3) is 0 Å². The van der Waals surface area contributed by atoms with E-state index in [1.807, 2.05) is 27.7 Å². The number of hydrogen-bond acceptors (Lipinski definition) is 3. The van der Waals surface area contributed by atoms with Crippen molar-refractivity contribution in [3.8, 4) is 0 Å². The van der Waals surface area contributed by atoms with Gasteiger partial charge in [-0.2, -0.15) is 0 Å². The van der Waals surface area contributed by atoms with Crippen molar-refractivity contribution in [3.63, 3.8) is 0 Å². The van der Waals surface area contributed by atoms with E-state index in [0.717, 1.165) is 47.9 Å². The Hall–Kier alpha value is -0.910. The third-order valence-corrected chi connectivity index (χ3v) is 7.09. The summed E-state index contributed by atoms with van der Waals surface area (Å²) in [4.78, 5) is 0.461. The number of rotatable bonds is 3. The fourth-order valence-electron chi connectivity index (χ4n) is 3.38. The molecule has 3 N–H and O–H groups in total. The van der Waals surface area contributed by atoms with Crippen molar-refractivity contribution in [1.82, 2.24) is 4.72 Å². The Morgan fingerprint density at radius 3 is 1.68 bits per heavy atom. The van der Waals surface area contributed by atoms with Crippen molar-refractivity contribution >= 4 is 10.0 Å². The van der Waals surface area contributed by atoms with Crippen LogP contribution in [0.15, 0.2) is 4.90 Å². The summed E-state index contributed by atoms with van der Waals surface area (Å²) in [5, 5.41) is 0. The van der Waals surface area contributed by atoms with Crippen molar-refractivity contribution in [2.24, 2.45) is 5.73 Å². The number of sulfonamides is 1. The van der Waals surface area contributed by atoms with Crippen molar-refractivity contribution in [2.45, 2.75) is 77.3 Å². The lowest BCUT2D eigenvalue weighted by atomic mass is 9.93. The highest BCUT2D eigenvalue weighted by Crippen LogP contribution is 2.30. The van der Waals surface area contributed by atoms with E-state index in [1.54, 1.807) is 0 Å². The largest absolute Gasteiger partial charge is 0.328 e. The Bertz CT molecular complexity index is 643. The summed E-state index contributed by atoms with van der Waals surface area (Å²) in [6.45, 7) is 9.85. The molecule has 1 aliphatic rings. The monoisotopic (exact) mass is 324 g/mol. The summed E-state index contributed by atoms with van der Waals surface area (Å²) in [5.74, 6) is 0. The number of nitrogens with two attached hydrogens (primary N) is 1. The molecule has 0 spiro atoms. The second-order valence-electron chi connectivity index (χ2n) is 6.69. The smallest absolute Gasteiger partial charge is 0.241 e. The van der Waals surface area contributed by atoms with E-state index in [-0.39, 0.29) is 12.1 Å². The van der Waals surface area contributed by atoms with Gasteiger partial charge in [-0.25, -0.2) is 13.1 Å². The summed E-state index contributed by atoms with van der Waals surface area (Å²) in [6, 6.07) is 0.221. The van der Waals surface area contributed by atoms with E-state index in [4.69, 9.17) is 5.73 Å². The van der Waals surface area contributed by atoms with Crippen LogP contribution in [-0.2, 0) is 10.0 Å². The van der Waals surface area contributed by atoms with E-state index in [1.165, 1.54) is 5.56 Å². The summed E-state index contributed by atoms with van der Waals surface area (Å²) >= 11 is 0. The van der Waals surface area contributed by atoms with Crippen LogP contribution in [0.2, 0.25) is 0 Å². The van der Waals surface area contributed by atoms with Gasteiger partial charge in [0, 0.05) is 12.1 Å². The minimum atomic E-state index is -3.49. The van der Waals surface area contributed by atoms with E-state index < -0.39 is 10.0 Å². The molecular formula is C17H28N2O2S. The van der Waals surface area contributed by atoms with Gasteiger partial charge in [-0.1, -0.05) is 0 Å². The highest BCUT2D eigenvalue weighted by Gasteiger charge is 2.28. The molecule has 5 heteroatoms. The zero-order valence-electron chi connectivity index (χ0n) is 14.3. The Balaban J connectivity index is 2.38. The molecule has 4 nitrogen and oxygen atoms in total. The zero-order valence-corrected chi connectivity index (χ0v) is 15.1. The van der Waals surface area contributed by atoms with Gasteiger partial charge in [-0.15, -0.1) is 0 Å². The molecule has 0 unspecified atom stereocenters. The molecule has 0 radical (unpaired) electrons. The first-order valence-corrected chi connectivity index (χ1v) is 9.48. The second kappa shape index (κ2) is 6.30. The molecule has 124 valence electrons. The highest BCUT2D eigenvalue weighted by atomic mass is 32.2. The molecule has 0 saturated heterocycles. The molecule has 22 heavy (non-hydrogen) atoms. The van der Waals surface area contributed by atoms with Gasteiger partial charge in [0.2, 0.25) is 10.0 Å². The summed E-state index contributed by atoms with van der Waals surface area (Å²) in [5.41, 5.74) is 10.9. The van der Waals surface area contributed by atoms with Crippen molar-refractivity contribution in [2.75, 3.05) is 0 Å². The van der Waals surface area contributed by atoms with E-state index in [0.29, 0.717) is 4.90 Å². The van der Waals surface area contributed by atoms with Crippen LogP contribution in [-0.4, -0.2) is 20.5 Å². The van der Waals surface area contributed by atoms with Gasteiger partial charge in [0.25, 0.3) is 0 Å². The molecule has 0 heterocycles. The lowest BCUT2D eigenvalue weighted by Gasteiger charge is -2.28. The summed E-state index contributed by atoms with van der Waals surface area (Å²) in [6.07, 6.45) is 3.42. The molecular weight excluding hydrogens is 296 g/mol. The average Bonchev–Trinajstić information content (AvgIpc) is 2.45. The van der Waals surface area contributed by atoms with Gasteiger partial charge < -0.3 is 5.73 Å². The minimum absolute atomic E-state index is 0.00511. The van der Waals surface area contributed by atoms with Crippen molar-refractivity contribution in [1.29, 1.82) is 0 Å². The Morgan fingerprint density at radius 1 is 0.818 bits per heavy atom. The van der Waals surface area contributed by atoms with Crippen LogP contribution in [0.4, 0.5) is 0 Å². The van der Waals surface area contributed by atoms with Gasteiger partial charge in [0.15, 0.2) is 0 Å². The zero-order chi connectivity index (χ0) is 16.7. The van der Waals surface area contributed by atoms with Gasteiger partial charge in [-0.05, 0) is 88.1 Å². The molecule has 1 aromatic rings. The van der Waals surface area contributed by atoms with Crippen LogP contribution < -0.4 is 10.5 Å². The first-order valence-electron chi connectivity index (χ1n) is 8.00. The third-order valence-electron chi connectivity index (χ3n) is 5.29. The lowest BCUT2D eigenvalue weighted by Crippen LogP contribution is -2.40. The average molecular weight is 324 g/mol. The van der Waals surface area contributed by atoms with E-state index >= 15 is 0 Å². The van der Waals surface area contributed by atoms with E-state index in [2.05, 4.69) is 11.6 Å². The van der Waals surface area contributed by atoms with Gasteiger partial charge in [-0.3, -0.25) is 0 Å². The Labute approximate surface area is 134 Å². The molecule has 0 aromatic heterocycles. The van der Waals surface area contributed by atoms with E-state index in [9.17, 15) is 8.42 Å². The molecule has 1 aromatic carbocycles. The number of benzene rings is 1. The lowest BCUT2D eigenvalue weighted by molar-refractivity contribution is 0.373. The molecule has 1 aliphatic carbocycles. The predicted molar refractivity (Wildman–Crippen MR) is 90.7 cm³/mol. The van der Waals surface area contributed by atoms with Crippen LogP contribution in [0.1, 0.15) is 53.5 Å². The maximum Gasteiger partial charge on any atom is 0.241 e. The topological polar surface area (TPSA) is 72.2 Å².